The van der Waals surface area contributed by atoms with E-state index in [1.54, 1.807) is 30.3 Å². The molecule has 7 nitrogen and oxygen atoms in total. The van der Waals surface area contributed by atoms with Crippen LogP contribution in [0.4, 0.5) is 11.4 Å². The Labute approximate surface area is 174 Å². The third-order valence-electron chi connectivity index (χ3n) is 4.47. The molecule has 2 aromatic carbocycles. The van der Waals surface area contributed by atoms with Crippen LogP contribution in [0.1, 0.15) is 0 Å². The number of halogens is 2. The van der Waals surface area contributed by atoms with E-state index < -0.39 is 10.0 Å². The average molecular weight is 443 g/mol. The van der Waals surface area contributed by atoms with E-state index >= 15 is 0 Å². The number of nitrogens with one attached hydrogen (secondary N) is 1. The standard InChI is InChI=1S/C18H20Cl2N4O3S/c19-16-6-1-13(11-17(16)20)22-18(25)12-23-7-9-24(10-8-23)14-2-4-15(5-3-14)28(21,26)27/h1-6,11H,7-10,12H2,(H,22,25)(H2,21,26,27). The largest absolute Gasteiger partial charge is 0.369 e. The van der Waals surface area contributed by atoms with Gasteiger partial charge in [0.1, 0.15) is 0 Å². The summed E-state index contributed by atoms with van der Waals surface area (Å²) in [5.74, 6) is -0.121. The highest BCUT2D eigenvalue weighted by Crippen LogP contribution is 2.25. The van der Waals surface area contributed by atoms with Gasteiger partial charge in [-0.1, -0.05) is 23.2 Å². The van der Waals surface area contributed by atoms with E-state index in [1.807, 2.05) is 0 Å². The molecule has 28 heavy (non-hydrogen) atoms. The van der Waals surface area contributed by atoms with Gasteiger partial charge in [-0.2, -0.15) is 0 Å². The Morgan fingerprint density at radius 2 is 1.64 bits per heavy atom. The summed E-state index contributed by atoms with van der Waals surface area (Å²) in [6.07, 6.45) is 0. The fourth-order valence-corrected chi connectivity index (χ4v) is 3.80. The Morgan fingerprint density at radius 3 is 2.21 bits per heavy atom. The summed E-state index contributed by atoms with van der Waals surface area (Å²) in [5, 5.41) is 8.76. The van der Waals surface area contributed by atoms with Gasteiger partial charge in [0.05, 0.1) is 21.5 Å². The third kappa shape index (κ3) is 5.36. The number of rotatable bonds is 5. The Hall–Kier alpha value is -1.84. The molecule has 1 aliphatic rings. The number of piperazine rings is 1. The lowest BCUT2D eigenvalue weighted by Crippen LogP contribution is -2.48. The van der Waals surface area contributed by atoms with Gasteiger partial charge in [0, 0.05) is 37.6 Å². The minimum Gasteiger partial charge on any atom is -0.369 e. The molecule has 3 N–H and O–H groups in total. The van der Waals surface area contributed by atoms with Gasteiger partial charge in [0.15, 0.2) is 0 Å². The van der Waals surface area contributed by atoms with E-state index in [9.17, 15) is 13.2 Å². The van der Waals surface area contributed by atoms with Crippen molar-refractivity contribution in [2.75, 3.05) is 42.9 Å². The first-order chi connectivity index (χ1) is 13.2. The molecule has 2 aromatic rings. The predicted octanol–water partition coefficient (Wildman–Crippen LogP) is 2.40. The lowest BCUT2D eigenvalue weighted by atomic mass is 10.2. The van der Waals surface area contributed by atoms with Crippen molar-refractivity contribution in [2.24, 2.45) is 5.14 Å². The molecule has 1 saturated heterocycles. The molecule has 0 aromatic heterocycles. The number of benzene rings is 2. The minimum absolute atomic E-state index is 0.0915. The molecule has 0 saturated carbocycles. The molecule has 150 valence electrons. The predicted molar refractivity (Wildman–Crippen MR) is 112 cm³/mol. The minimum atomic E-state index is -3.69. The Morgan fingerprint density at radius 1 is 1.00 bits per heavy atom. The van der Waals surface area contributed by atoms with Crippen LogP contribution in [0.3, 0.4) is 0 Å². The van der Waals surface area contributed by atoms with Crippen LogP contribution in [0.5, 0.6) is 0 Å². The second kappa shape index (κ2) is 8.67. The number of nitrogens with two attached hydrogens (primary N) is 1. The van der Waals surface area contributed by atoms with Gasteiger partial charge < -0.3 is 10.2 Å². The van der Waals surface area contributed by atoms with Crippen molar-refractivity contribution in [3.8, 4) is 0 Å². The van der Waals surface area contributed by atoms with E-state index in [-0.39, 0.29) is 17.3 Å². The summed E-state index contributed by atoms with van der Waals surface area (Å²) in [6, 6.07) is 11.4. The quantitative estimate of drug-likeness (QED) is 0.740. The van der Waals surface area contributed by atoms with Crippen molar-refractivity contribution in [2.45, 2.75) is 4.90 Å². The van der Waals surface area contributed by atoms with Crippen molar-refractivity contribution in [3.63, 3.8) is 0 Å². The molecule has 1 fully saturated rings. The van der Waals surface area contributed by atoms with Crippen LogP contribution in [-0.2, 0) is 14.8 Å². The maximum absolute atomic E-state index is 12.2. The zero-order valence-corrected chi connectivity index (χ0v) is 17.3. The molecule has 0 bridgehead atoms. The summed E-state index contributed by atoms with van der Waals surface area (Å²) in [7, 11) is -3.69. The van der Waals surface area contributed by atoms with Crippen molar-refractivity contribution in [1.29, 1.82) is 0 Å². The van der Waals surface area contributed by atoms with Gasteiger partial charge >= 0.3 is 0 Å². The highest BCUT2D eigenvalue weighted by Gasteiger charge is 2.20. The normalized spacial score (nSPS) is 15.5. The maximum atomic E-state index is 12.2. The van der Waals surface area contributed by atoms with E-state index in [2.05, 4.69) is 15.1 Å². The maximum Gasteiger partial charge on any atom is 0.238 e. The first-order valence-electron chi connectivity index (χ1n) is 8.57. The lowest BCUT2D eigenvalue weighted by Gasteiger charge is -2.35. The van der Waals surface area contributed by atoms with Crippen LogP contribution in [-0.4, -0.2) is 51.9 Å². The second-order valence-electron chi connectivity index (χ2n) is 6.48. The lowest BCUT2D eigenvalue weighted by molar-refractivity contribution is -0.117. The van der Waals surface area contributed by atoms with Gasteiger partial charge in [-0.15, -0.1) is 0 Å². The molecular formula is C18H20Cl2N4O3S. The summed E-state index contributed by atoms with van der Waals surface area (Å²) in [5.41, 5.74) is 1.53. The van der Waals surface area contributed by atoms with Crippen molar-refractivity contribution in [1.82, 2.24) is 4.90 Å². The van der Waals surface area contributed by atoms with Crippen molar-refractivity contribution >= 4 is 50.5 Å². The van der Waals surface area contributed by atoms with Crippen LogP contribution < -0.4 is 15.4 Å². The molecule has 1 heterocycles. The first-order valence-corrected chi connectivity index (χ1v) is 10.9. The molecule has 0 spiro atoms. The topological polar surface area (TPSA) is 95.7 Å². The highest BCUT2D eigenvalue weighted by molar-refractivity contribution is 7.89. The number of hydrogen-bond acceptors (Lipinski definition) is 5. The Bertz CT molecular complexity index is 959. The molecule has 0 atom stereocenters. The fraction of sp³-hybridized carbons (Fsp3) is 0.278. The van der Waals surface area contributed by atoms with E-state index in [1.165, 1.54) is 12.1 Å². The van der Waals surface area contributed by atoms with Gasteiger partial charge in [-0.3, -0.25) is 9.69 Å². The third-order valence-corrected chi connectivity index (χ3v) is 6.14. The fourth-order valence-electron chi connectivity index (χ4n) is 2.99. The molecule has 0 aliphatic carbocycles. The molecule has 3 rings (SSSR count). The van der Waals surface area contributed by atoms with Crippen LogP contribution in [0.25, 0.3) is 0 Å². The van der Waals surface area contributed by atoms with E-state index in [0.29, 0.717) is 28.8 Å². The van der Waals surface area contributed by atoms with Gasteiger partial charge in [0.2, 0.25) is 15.9 Å². The van der Waals surface area contributed by atoms with Crippen LogP contribution >= 0.6 is 23.2 Å². The summed E-state index contributed by atoms with van der Waals surface area (Å²) < 4.78 is 22.7. The number of sulfonamides is 1. The van der Waals surface area contributed by atoms with Crippen molar-refractivity contribution in [3.05, 3.63) is 52.5 Å². The Kier molecular flexibility index (Phi) is 6.47. The summed E-state index contributed by atoms with van der Waals surface area (Å²) in [4.78, 5) is 16.5. The van der Waals surface area contributed by atoms with Crippen molar-refractivity contribution < 1.29 is 13.2 Å². The number of anilines is 2. The van der Waals surface area contributed by atoms with Gasteiger partial charge in [0.25, 0.3) is 0 Å². The molecule has 1 amide bonds. The molecule has 0 unspecified atom stereocenters. The number of carbonyl (C=O) groups is 1. The molecule has 1 aliphatic heterocycles. The van der Waals surface area contributed by atoms with Crippen LogP contribution in [0.2, 0.25) is 10.0 Å². The van der Waals surface area contributed by atoms with Gasteiger partial charge in [-0.25, -0.2) is 13.6 Å². The highest BCUT2D eigenvalue weighted by atomic mass is 35.5. The van der Waals surface area contributed by atoms with E-state index in [0.717, 1.165) is 18.8 Å². The first kappa shape index (κ1) is 20.9. The monoisotopic (exact) mass is 442 g/mol. The molecule has 0 radical (unpaired) electrons. The van der Waals surface area contributed by atoms with Crippen LogP contribution in [0.15, 0.2) is 47.4 Å². The van der Waals surface area contributed by atoms with E-state index in [4.69, 9.17) is 28.3 Å². The zero-order valence-electron chi connectivity index (χ0n) is 14.9. The second-order valence-corrected chi connectivity index (χ2v) is 8.85. The SMILES string of the molecule is NS(=O)(=O)c1ccc(N2CCN(CC(=O)Nc3ccc(Cl)c(Cl)c3)CC2)cc1. The molecular weight excluding hydrogens is 423 g/mol. The number of amides is 1. The number of nitrogens with zero attached hydrogens (tertiary/aromatic N) is 2. The summed E-state index contributed by atoms with van der Waals surface area (Å²) in [6.45, 7) is 3.17. The molecule has 10 heteroatoms. The smallest absolute Gasteiger partial charge is 0.238 e. The Balaban J connectivity index is 1.51. The number of hydrogen-bond donors (Lipinski definition) is 2. The summed E-state index contributed by atoms with van der Waals surface area (Å²) >= 11 is 11.8. The number of carbonyl (C=O) groups excluding carboxylic acids is 1. The zero-order chi connectivity index (χ0) is 20.3. The van der Waals surface area contributed by atoms with Gasteiger partial charge in [-0.05, 0) is 42.5 Å². The van der Waals surface area contributed by atoms with Crippen LogP contribution in [0, 0.1) is 0 Å². The average Bonchev–Trinajstić information content (AvgIpc) is 2.65. The number of primary sulfonamides is 1.